The third kappa shape index (κ3) is 2.07. The molecule has 0 aromatic heterocycles. The number of fused-ring (bicyclic) bond motifs is 2. The van der Waals surface area contributed by atoms with E-state index in [1.165, 1.54) is 4.90 Å². The maximum atomic E-state index is 6.68. The molecule has 0 spiro atoms. The summed E-state index contributed by atoms with van der Waals surface area (Å²) in [5, 5.41) is -0.154. The highest BCUT2D eigenvalue weighted by Crippen LogP contribution is 2.48. The van der Waals surface area contributed by atoms with Crippen LogP contribution in [-0.4, -0.2) is 14.2 Å². The summed E-state index contributed by atoms with van der Waals surface area (Å²) in [6.45, 7) is 0. The van der Waals surface area contributed by atoms with Crippen molar-refractivity contribution in [2.75, 3.05) is 18.5 Å². The summed E-state index contributed by atoms with van der Waals surface area (Å²) >= 11 is 8.36. The van der Waals surface area contributed by atoms with Gasteiger partial charge in [-0.1, -0.05) is 30.3 Å². The first kappa shape index (κ1) is 12.7. The fourth-order valence-electron chi connectivity index (χ4n) is 2.38. The van der Waals surface area contributed by atoms with Gasteiger partial charge in [-0.3, -0.25) is 0 Å². The first-order valence-electron chi connectivity index (χ1n) is 6.04. The van der Waals surface area contributed by atoms with E-state index in [2.05, 4.69) is 22.5 Å². The van der Waals surface area contributed by atoms with Gasteiger partial charge in [-0.2, -0.15) is 0 Å². The van der Waals surface area contributed by atoms with E-state index in [0.717, 1.165) is 22.6 Å². The second-order valence-electron chi connectivity index (χ2n) is 4.39. The number of hydrogen-bond acceptors (Lipinski definition) is 3. The minimum atomic E-state index is -0.154. The van der Waals surface area contributed by atoms with E-state index >= 15 is 0 Å². The van der Waals surface area contributed by atoms with Crippen LogP contribution in [-0.2, 0) is 0 Å². The molecule has 0 radical (unpaired) electrons. The Morgan fingerprint density at radius 2 is 1.84 bits per heavy atom. The molecular formula is C15H14ClNOS. The van der Waals surface area contributed by atoms with Gasteiger partial charge in [0, 0.05) is 17.5 Å². The number of rotatable bonds is 1. The van der Waals surface area contributed by atoms with Crippen LogP contribution < -0.4 is 9.04 Å². The first-order chi connectivity index (χ1) is 9.22. The third-order valence-electron chi connectivity index (χ3n) is 3.27. The zero-order valence-corrected chi connectivity index (χ0v) is 12.3. The zero-order valence-electron chi connectivity index (χ0n) is 10.8. The van der Waals surface area contributed by atoms with Crippen molar-refractivity contribution >= 4 is 29.2 Å². The fourth-order valence-corrected chi connectivity index (χ4v) is 3.82. The van der Waals surface area contributed by atoms with Gasteiger partial charge in [-0.15, -0.1) is 11.6 Å². The number of hydrogen-bond donors (Lipinski definition) is 0. The van der Waals surface area contributed by atoms with Crippen molar-refractivity contribution in [1.29, 1.82) is 0 Å². The Bertz CT molecular complexity index is 617. The Labute approximate surface area is 122 Å². The lowest BCUT2D eigenvalue weighted by Crippen LogP contribution is -2.08. The van der Waals surface area contributed by atoms with Crippen LogP contribution in [0, 0.1) is 0 Å². The van der Waals surface area contributed by atoms with Gasteiger partial charge in [-0.25, -0.2) is 0 Å². The molecular weight excluding hydrogens is 278 g/mol. The van der Waals surface area contributed by atoms with E-state index in [4.69, 9.17) is 16.3 Å². The van der Waals surface area contributed by atoms with Crippen LogP contribution in [0.15, 0.2) is 47.4 Å². The maximum absolute atomic E-state index is 6.68. The molecule has 98 valence electrons. The number of methoxy groups -OCH3 is 1. The lowest BCUT2D eigenvalue weighted by Gasteiger charge is -2.21. The molecule has 1 aliphatic heterocycles. The molecule has 0 bridgehead atoms. The predicted molar refractivity (Wildman–Crippen MR) is 81.4 cm³/mol. The molecule has 0 saturated heterocycles. The van der Waals surface area contributed by atoms with Gasteiger partial charge < -0.3 is 9.04 Å². The second-order valence-corrected chi connectivity index (χ2v) is 5.99. The van der Waals surface area contributed by atoms with Crippen molar-refractivity contribution < 1.29 is 4.74 Å². The summed E-state index contributed by atoms with van der Waals surface area (Å²) in [6.07, 6.45) is 0. The summed E-state index contributed by atoms with van der Waals surface area (Å²) in [6, 6.07) is 14.3. The number of anilines is 1. The number of nitrogens with zero attached hydrogens (tertiary/aromatic N) is 1. The Kier molecular flexibility index (Phi) is 3.33. The number of alkyl halides is 1. The second kappa shape index (κ2) is 4.99. The first-order valence-corrected chi connectivity index (χ1v) is 7.25. The molecule has 4 heteroatoms. The molecule has 0 saturated carbocycles. The molecule has 0 amide bonds. The Morgan fingerprint density at radius 3 is 2.63 bits per heavy atom. The lowest BCUT2D eigenvalue weighted by molar-refractivity contribution is 0.415. The smallest absolute Gasteiger partial charge is 0.143 e. The Hall–Kier alpha value is -1.32. The zero-order chi connectivity index (χ0) is 13.4. The molecule has 0 N–H and O–H groups in total. The van der Waals surface area contributed by atoms with Gasteiger partial charge in [-0.05, 0) is 29.6 Å². The molecule has 1 aliphatic rings. The monoisotopic (exact) mass is 291 g/mol. The average Bonchev–Trinajstić information content (AvgIpc) is 2.55. The molecule has 19 heavy (non-hydrogen) atoms. The summed E-state index contributed by atoms with van der Waals surface area (Å²) < 4.78 is 7.59. The lowest BCUT2D eigenvalue weighted by atomic mass is 10.0. The van der Waals surface area contributed by atoms with Crippen LogP contribution in [0.4, 0.5) is 5.69 Å². The van der Waals surface area contributed by atoms with Crippen LogP contribution in [0.25, 0.3) is 0 Å². The predicted octanol–water partition coefficient (Wildman–Crippen LogP) is 4.48. The number of para-hydroxylation sites is 1. The summed E-state index contributed by atoms with van der Waals surface area (Å²) in [7, 11) is 3.73. The number of halogens is 1. The molecule has 1 atom stereocenters. The quantitative estimate of drug-likeness (QED) is 0.568. The average molecular weight is 292 g/mol. The van der Waals surface area contributed by atoms with Crippen LogP contribution in [0.5, 0.6) is 5.75 Å². The largest absolute Gasteiger partial charge is 0.495 e. The summed E-state index contributed by atoms with van der Waals surface area (Å²) in [4.78, 5) is 1.18. The number of ether oxygens (including phenoxy) is 1. The van der Waals surface area contributed by atoms with Crippen molar-refractivity contribution in [3.8, 4) is 5.75 Å². The van der Waals surface area contributed by atoms with E-state index in [1.807, 2.05) is 31.3 Å². The Balaban J connectivity index is 2.23. The Morgan fingerprint density at radius 1 is 1.11 bits per heavy atom. The topological polar surface area (TPSA) is 12.5 Å². The molecule has 2 nitrogen and oxygen atoms in total. The fraction of sp³-hybridized carbons (Fsp3) is 0.200. The van der Waals surface area contributed by atoms with Gasteiger partial charge in [0.1, 0.15) is 5.75 Å². The molecule has 0 fully saturated rings. The highest BCUT2D eigenvalue weighted by atomic mass is 35.5. The SMILES string of the molecule is COc1cccc2c1N(C)Sc1ccccc1C2Cl. The molecule has 2 aromatic carbocycles. The van der Waals surface area contributed by atoms with Crippen LogP contribution >= 0.6 is 23.5 Å². The molecule has 1 unspecified atom stereocenters. The van der Waals surface area contributed by atoms with Crippen molar-refractivity contribution in [2.45, 2.75) is 10.3 Å². The van der Waals surface area contributed by atoms with Crippen LogP contribution in [0.2, 0.25) is 0 Å². The van der Waals surface area contributed by atoms with Gasteiger partial charge in [0.15, 0.2) is 0 Å². The summed E-state index contributed by atoms with van der Waals surface area (Å²) in [5.74, 6) is 0.853. The standard InChI is InChI=1S/C15H14ClNOS/c1-17-15-11(7-5-8-12(15)18-2)14(16)10-6-3-4-9-13(10)19-17/h3-9,14H,1-2H3. The van der Waals surface area contributed by atoms with Crippen molar-refractivity contribution in [1.82, 2.24) is 0 Å². The molecule has 3 rings (SSSR count). The van der Waals surface area contributed by atoms with Crippen LogP contribution in [0.1, 0.15) is 16.5 Å². The number of benzene rings is 2. The minimum Gasteiger partial charge on any atom is -0.495 e. The van der Waals surface area contributed by atoms with E-state index in [1.54, 1.807) is 19.1 Å². The van der Waals surface area contributed by atoms with Gasteiger partial charge >= 0.3 is 0 Å². The highest BCUT2D eigenvalue weighted by molar-refractivity contribution is 8.00. The normalized spacial score (nSPS) is 17.4. The van der Waals surface area contributed by atoms with Crippen molar-refractivity contribution in [3.05, 3.63) is 53.6 Å². The maximum Gasteiger partial charge on any atom is 0.143 e. The molecule has 1 heterocycles. The van der Waals surface area contributed by atoms with Crippen molar-refractivity contribution in [2.24, 2.45) is 0 Å². The van der Waals surface area contributed by atoms with E-state index in [-0.39, 0.29) is 5.38 Å². The highest BCUT2D eigenvalue weighted by Gasteiger charge is 2.27. The molecule has 2 aromatic rings. The van der Waals surface area contributed by atoms with Crippen LogP contribution in [0.3, 0.4) is 0 Å². The molecule has 0 aliphatic carbocycles. The van der Waals surface area contributed by atoms with E-state index in [0.29, 0.717) is 0 Å². The third-order valence-corrected chi connectivity index (χ3v) is 4.76. The van der Waals surface area contributed by atoms with E-state index < -0.39 is 0 Å². The summed E-state index contributed by atoms with van der Waals surface area (Å²) in [5.41, 5.74) is 3.28. The van der Waals surface area contributed by atoms with E-state index in [9.17, 15) is 0 Å². The minimum absolute atomic E-state index is 0.154. The van der Waals surface area contributed by atoms with Gasteiger partial charge in [0.25, 0.3) is 0 Å². The van der Waals surface area contributed by atoms with Gasteiger partial charge in [0.2, 0.25) is 0 Å². The van der Waals surface area contributed by atoms with Gasteiger partial charge in [0.05, 0.1) is 18.2 Å². The van der Waals surface area contributed by atoms with Crippen molar-refractivity contribution in [3.63, 3.8) is 0 Å².